The van der Waals surface area contributed by atoms with Gasteiger partial charge in [-0.1, -0.05) is 30.3 Å². The highest BCUT2D eigenvalue weighted by atomic mass is 16.5. The summed E-state index contributed by atoms with van der Waals surface area (Å²) in [5, 5.41) is 9.73. The van der Waals surface area contributed by atoms with Gasteiger partial charge < -0.3 is 9.84 Å². The molecule has 14 heavy (non-hydrogen) atoms. The normalized spacial score (nSPS) is 31.1. The molecule has 2 rings (SSSR count). The lowest BCUT2D eigenvalue weighted by Gasteiger charge is -2.42. The number of hydrogen-bond donors (Lipinski definition) is 1. The quantitative estimate of drug-likeness (QED) is 0.794. The molecule has 1 saturated carbocycles. The van der Waals surface area contributed by atoms with Crippen LogP contribution in [0.2, 0.25) is 0 Å². The van der Waals surface area contributed by atoms with Crippen LogP contribution in [0.15, 0.2) is 30.3 Å². The molecule has 0 unspecified atom stereocenters. The molecule has 0 spiro atoms. The van der Waals surface area contributed by atoms with Gasteiger partial charge >= 0.3 is 0 Å². The minimum atomic E-state index is -0.602. The van der Waals surface area contributed by atoms with E-state index in [1.807, 2.05) is 37.3 Å². The van der Waals surface area contributed by atoms with Crippen molar-refractivity contribution in [1.82, 2.24) is 0 Å². The van der Waals surface area contributed by atoms with E-state index >= 15 is 0 Å². The van der Waals surface area contributed by atoms with Gasteiger partial charge in [0, 0.05) is 0 Å². The van der Waals surface area contributed by atoms with Crippen LogP contribution in [-0.4, -0.2) is 16.8 Å². The molecule has 1 N–H and O–H groups in total. The van der Waals surface area contributed by atoms with Crippen LogP contribution in [0.5, 0.6) is 0 Å². The van der Waals surface area contributed by atoms with E-state index in [-0.39, 0.29) is 6.10 Å². The first-order valence-electron chi connectivity index (χ1n) is 5.06. The summed E-state index contributed by atoms with van der Waals surface area (Å²) in [5.74, 6) is 0. The molecule has 0 bridgehead atoms. The first kappa shape index (κ1) is 9.69. The predicted octanol–water partition coefficient (Wildman–Crippen LogP) is 2.12. The molecule has 0 heterocycles. The van der Waals surface area contributed by atoms with Gasteiger partial charge in [0.15, 0.2) is 0 Å². The van der Waals surface area contributed by atoms with Gasteiger partial charge in [-0.15, -0.1) is 0 Å². The van der Waals surface area contributed by atoms with E-state index in [0.717, 1.165) is 18.4 Å². The second-order valence-corrected chi connectivity index (χ2v) is 4.18. The predicted molar refractivity (Wildman–Crippen MR) is 54.9 cm³/mol. The fourth-order valence-corrected chi connectivity index (χ4v) is 1.71. The molecule has 1 aromatic carbocycles. The zero-order valence-corrected chi connectivity index (χ0v) is 8.44. The average molecular weight is 192 g/mol. The van der Waals surface area contributed by atoms with Crippen molar-refractivity contribution >= 4 is 0 Å². The third-order valence-corrected chi connectivity index (χ3v) is 2.90. The largest absolute Gasteiger partial charge is 0.387 e. The summed E-state index contributed by atoms with van der Waals surface area (Å²) in [4.78, 5) is 0. The molecular formula is C12H16O2. The number of ether oxygens (including phenoxy) is 1. The number of hydrogen-bond acceptors (Lipinski definition) is 2. The molecule has 2 atom stereocenters. The van der Waals surface area contributed by atoms with Gasteiger partial charge in [-0.05, 0) is 25.3 Å². The maximum absolute atomic E-state index is 9.73. The van der Waals surface area contributed by atoms with Crippen molar-refractivity contribution < 1.29 is 9.84 Å². The molecule has 0 aliphatic heterocycles. The van der Waals surface area contributed by atoms with Crippen LogP contribution in [0, 0.1) is 0 Å². The van der Waals surface area contributed by atoms with E-state index < -0.39 is 5.60 Å². The number of aliphatic hydroxyl groups is 1. The molecule has 1 aliphatic carbocycles. The van der Waals surface area contributed by atoms with Gasteiger partial charge in [-0.25, -0.2) is 0 Å². The molecule has 2 heteroatoms. The Bertz CT molecular complexity index is 292. The van der Waals surface area contributed by atoms with Crippen molar-refractivity contribution in [2.24, 2.45) is 0 Å². The van der Waals surface area contributed by atoms with E-state index in [1.165, 1.54) is 0 Å². The summed E-state index contributed by atoms with van der Waals surface area (Å²) in [6.07, 6.45) is 1.84. The third-order valence-electron chi connectivity index (χ3n) is 2.90. The minimum Gasteiger partial charge on any atom is -0.387 e. The lowest BCUT2D eigenvalue weighted by molar-refractivity contribution is -0.166. The van der Waals surface area contributed by atoms with Gasteiger partial charge in [0.25, 0.3) is 0 Å². The smallest absolute Gasteiger partial charge is 0.0881 e. The van der Waals surface area contributed by atoms with Gasteiger partial charge in [0.2, 0.25) is 0 Å². The molecule has 1 fully saturated rings. The van der Waals surface area contributed by atoms with E-state index in [9.17, 15) is 5.11 Å². The van der Waals surface area contributed by atoms with E-state index in [2.05, 4.69) is 0 Å². The van der Waals surface area contributed by atoms with Gasteiger partial charge in [-0.2, -0.15) is 0 Å². The SMILES string of the molecule is C[C@]1(O)CC[C@H]1OCc1ccccc1. The Labute approximate surface area is 84.5 Å². The van der Waals surface area contributed by atoms with E-state index in [4.69, 9.17) is 4.74 Å². The molecule has 1 aliphatic rings. The fourth-order valence-electron chi connectivity index (χ4n) is 1.71. The van der Waals surface area contributed by atoms with E-state index in [1.54, 1.807) is 0 Å². The van der Waals surface area contributed by atoms with E-state index in [0.29, 0.717) is 6.61 Å². The highest BCUT2D eigenvalue weighted by Gasteiger charge is 2.41. The summed E-state index contributed by atoms with van der Waals surface area (Å²) >= 11 is 0. The Morgan fingerprint density at radius 3 is 2.64 bits per heavy atom. The van der Waals surface area contributed by atoms with Crippen LogP contribution in [0.25, 0.3) is 0 Å². The lowest BCUT2D eigenvalue weighted by Crippen LogP contribution is -2.50. The highest BCUT2D eigenvalue weighted by molar-refractivity contribution is 5.13. The molecule has 1 aromatic rings. The summed E-state index contributed by atoms with van der Waals surface area (Å²) in [7, 11) is 0. The maximum atomic E-state index is 9.73. The second kappa shape index (κ2) is 3.71. The van der Waals surface area contributed by atoms with Crippen molar-refractivity contribution in [3.8, 4) is 0 Å². The third kappa shape index (κ3) is 1.97. The first-order valence-corrected chi connectivity index (χ1v) is 5.06. The average Bonchev–Trinajstić information content (AvgIpc) is 2.18. The Balaban J connectivity index is 1.84. The van der Waals surface area contributed by atoms with Crippen molar-refractivity contribution in [2.45, 2.75) is 38.1 Å². The van der Waals surface area contributed by atoms with Crippen molar-refractivity contribution in [3.05, 3.63) is 35.9 Å². The molecular weight excluding hydrogens is 176 g/mol. The molecule has 0 saturated heterocycles. The lowest BCUT2D eigenvalue weighted by atomic mass is 9.78. The second-order valence-electron chi connectivity index (χ2n) is 4.18. The molecule has 0 aromatic heterocycles. The first-order chi connectivity index (χ1) is 6.68. The van der Waals surface area contributed by atoms with Crippen molar-refractivity contribution in [2.75, 3.05) is 0 Å². The molecule has 2 nitrogen and oxygen atoms in total. The topological polar surface area (TPSA) is 29.5 Å². The Kier molecular flexibility index (Phi) is 2.57. The van der Waals surface area contributed by atoms with Crippen molar-refractivity contribution in [3.63, 3.8) is 0 Å². The monoisotopic (exact) mass is 192 g/mol. The minimum absolute atomic E-state index is 0.0164. The molecule has 0 amide bonds. The van der Waals surface area contributed by atoms with Crippen LogP contribution < -0.4 is 0 Å². The van der Waals surface area contributed by atoms with Crippen LogP contribution in [0.3, 0.4) is 0 Å². The summed E-state index contributed by atoms with van der Waals surface area (Å²) < 4.78 is 5.63. The highest BCUT2D eigenvalue weighted by Crippen LogP contribution is 2.34. The maximum Gasteiger partial charge on any atom is 0.0881 e. The summed E-state index contributed by atoms with van der Waals surface area (Å²) in [6, 6.07) is 10.1. The molecule has 0 radical (unpaired) electrons. The standard InChI is InChI=1S/C12H16O2/c1-12(13)8-7-11(12)14-9-10-5-3-2-4-6-10/h2-6,11,13H,7-9H2,1H3/t11-,12+/m1/s1. The van der Waals surface area contributed by atoms with Gasteiger partial charge in [-0.3, -0.25) is 0 Å². The zero-order valence-electron chi connectivity index (χ0n) is 8.44. The van der Waals surface area contributed by atoms with Crippen molar-refractivity contribution in [1.29, 1.82) is 0 Å². The number of benzene rings is 1. The van der Waals surface area contributed by atoms with Gasteiger partial charge in [0.1, 0.15) is 0 Å². The Morgan fingerprint density at radius 2 is 2.14 bits per heavy atom. The van der Waals surface area contributed by atoms with Crippen LogP contribution in [0.1, 0.15) is 25.3 Å². The Morgan fingerprint density at radius 1 is 1.43 bits per heavy atom. The fraction of sp³-hybridized carbons (Fsp3) is 0.500. The molecule has 76 valence electrons. The van der Waals surface area contributed by atoms with Crippen LogP contribution >= 0.6 is 0 Å². The van der Waals surface area contributed by atoms with Gasteiger partial charge in [0.05, 0.1) is 18.3 Å². The zero-order chi connectivity index (χ0) is 10.0. The summed E-state index contributed by atoms with van der Waals surface area (Å²) in [5.41, 5.74) is 0.560. The number of rotatable bonds is 3. The Hall–Kier alpha value is -0.860. The van der Waals surface area contributed by atoms with Crippen LogP contribution in [0.4, 0.5) is 0 Å². The van der Waals surface area contributed by atoms with Crippen LogP contribution in [-0.2, 0) is 11.3 Å². The summed E-state index contributed by atoms with van der Waals surface area (Å²) in [6.45, 7) is 2.44.